The van der Waals surface area contributed by atoms with Crippen LogP contribution in [0.4, 0.5) is 5.69 Å². The van der Waals surface area contributed by atoms with Gasteiger partial charge in [-0.3, -0.25) is 0 Å². The summed E-state index contributed by atoms with van der Waals surface area (Å²) in [5.74, 6) is 0. The largest absolute Gasteiger partial charge is 0.387 e. The second-order valence-electron chi connectivity index (χ2n) is 5.02. The molecule has 3 heteroatoms. The van der Waals surface area contributed by atoms with E-state index in [1.807, 2.05) is 30.3 Å². The molecule has 2 nitrogen and oxygen atoms in total. The topological polar surface area (TPSA) is 23.5 Å². The van der Waals surface area contributed by atoms with Crippen molar-refractivity contribution in [2.75, 3.05) is 18.0 Å². The predicted molar refractivity (Wildman–Crippen MR) is 85.4 cm³/mol. The molecule has 20 heavy (non-hydrogen) atoms. The Bertz CT molecular complexity index is 572. The van der Waals surface area contributed by atoms with Crippen molar-refractivity contribution >= 4 is 17.4 Å². The van der Waals surface area contributed by atoms with E-state index in [2.05, 4.69) is 36.1 Å². The van der Waals surface area contributed by atoms with Gasteiger partial charge in [-0.05, 0) is 24.6 Å². The zero-order chi connectivity index (χ0) is 13.9. The Balaban J connectivity index is 1.87. The van der Waals surface area contributed by atoms with Gasteiger partial charge in [0.25, 0.3) is 0 Å². The zero-order valence-electron chi connectivity index (χ0n) is 11.6. The van der Waals surface area contributed by atoms with Gasteiger partial charge in [-0.2, -0.15) is 0 Å². The first-order valence-electron chi connectivity index (χ1n) is 7.03. The summed E-state index contributed by atoms with van der Waals surface area (Å²) in [6, 6.07) is 18.4. The molecule has 1 N–H and O–H groups in total. The number of benzene rings is 2. The highest BCUT2D eigenvalue weighted by Gasteiger charge is 2.29. The number of anilines is 1. The molecule has 2 aromatic rings. The Morgan fingerprint density at radius 2 is 1.85 bits per heavy atom. The quantitative estimate of drug-likeness (QED) is 0.929. The van der Waals surface area contributed by atoms with Gasteiger partial charge in [0.05, 0.1) is 17.0 Å². The van der Waals surface area contributed by atoms with Crippen LogP contribution in [0.2, 0.25) is 0 Å². The summed E-state index contributed by atoms with van der Waals surface area (Å²) in [7, 11) is 0. The lowest BCUT2D eigenvalue weighted by Gasteiger charge is -2.37. The van der Waals surface area contributed by atoms with Crippen LogP contribution in [0.5, 0.6) is 0 Å². The third kappa shape index (κ3) is 2.56. The molecule has 2 atom stereocenters. The van der Waals surface area contributed by atoms with Crippen molar-refractivity contribution in [3.8, 4) is 0 Å². The van der Waals surface area contributed by atoms with Crippen LogP contribution in [-0.2, 0) is 0 Å². The molecular formula is C17H19NOS. The lowest BCUT2D eigenvalue weighted by Crippen LogP contribution is -2.37. The summed E-state index contributed by atoms with van der Waals surface area (Å²) in [5, 5.41) is 10.8. The lowest BCUT2D eigenvalue weighted by molar-refractivity contribution is 0.175. The van der Waals surface area contributed by atoms with E-state index in [4.69, 9.17) is 0 Å². The van der Waals surface area contributed by atoms with Gasteiger partial charge in [0.15, 0.2) is 0 Å². The van der Waals surface area contributed by atoms with Crippen LogP contribution in [0.1, 0.15) is 18.6 Å². The Morgan fingerprint density at radius 1 is 1.15 bits per heavy atom. The van der Waals surface area contributed by atoms with E-state index in [0.717, 1.165) is 18.7 Å². The number of nitrogens with zero attached hydrogens (tertiary/aromatic N) is 1. The van der Waals surface area contributed by atoms with Crippen LogP contribution in [0.3, 0.4) is 0 Å². The van der Waals surface area contributed by atoms with Crippen molar-refractivity contribution in [3.05, 3.63) is 60.2 Å². The fraction of sp³-hybridized carbons (Fsp3) is 0.294. The molecular weight excluding hydrogens is 266 g/mol. The van der Waals surface area contributed by atoms with Gasteiger partial charge < -0.3 is 10.0 Å². The average Bonchev–Trinajstić information content (AvgIpc) is 2.54. The normalized spacial score (nSPS) is 19.5. The molecule has 0 saturated heterocycles. The van der Waals surface area contributed by atoms with Gasteiger partial charge in [-0.1, -0.05) is 42.5 Å². The molecule has 0 amide bonds. The first-order chi connectivity index (χ1) is 9.79. The summed E-state index contributed by atoms with van der Waals surface area (Å²) in [6.07, 6.45) is -0.427. The maximum absolute atomic E-state index is 10.6. The number of para-hydroxylation sites is 1. The molecule has 0 bridgehead atoms. The maximum Gasteiger partial charge on any atom is 0.0929 e. The monoisotopic (exact) mass is 285 g/mol. The van der Waals surface area contributed by atoms with E-state index < -0.39 is 6.10 Å². The van der Waals surface area contributed by atoms with Crippen LogP contribution >= 0.6 is 11.8 Å². The van der Waals surface area contributed by atoms with E-state index in [9.17, 15) is 5.11 Å². The van der Waals surface area contributed by atoms with E-state index in [-0.39, 0.29) is 5.25 Å². The highest BCUT2D eigenvalue weighted by Crippen LogP contribution is 2.42. The molecule has 0 aliphatic carbocycles. The van der Waals surface area contributed by atoms with Crippen LogP contribution in [0, 0.1) is 0 Å². The fourth-order valence-electron chi connectivity index (χ4n) is 2.66. The average molecular weight is 285 g/mol. The number of fused-ring (bicyclic) bond motifs is 1. The smallest absolute Gasteiger partial charge is 0.0929 e. The Hall–Kier alpha value is -1.45. The lowest BCUT2D eigenvalue weighted by atomic mass is 10.1. The van der Waals surface area contributed by atoms with Gasteiger partial charge in [-0.25, -0.2) is 0 Å². The van der Waals surface area contributed by atoms with Gasteiger partial charge >= 0.3 is 0 Å². The number of rotatable bonds is 3. The number of aliphatic hydroxyl groups excluding tert-OH is 1. The van der Waals surface area contributed by atoms with Crippen molar-refractivity contribution in [3.63, 3.8) is 0 Å². The first-order valence-corrected chi connectivity index (χ1v) is 7.91. The number of thioether (sulfide) groups is 1. The summed E-state index contributed by atoms with van der Waals surface area (Å²) < 4.78 is 0. The van der Waals surface area contributed by atoms with Gasteiger partial charge in [0, 0.05) is 18.0 Å². The van der Waals surface area contributed by atoms with E-state index in [1.165, 1.54) is 10.6 Å². The molecule has 0 aromatic heterocycles. The van der Waals surface area contributed by atoms with Gasteiger partial charge in [0.1, 0.15) is 0 Å². The molecule has 2 aromatic carbocycles. The molecule has 3 rings (SSSR count). The zero-order valence-corrected chi connectivity index (χ0v) is 12.4. The molecule has 1 aliphatic heterocycles. The third-order valence-electron chi connectivity index (χ3n) is 3.76. The second kappa shape index (κ2) is 5.90. The molecule has 0 spiro atoms. The predicted octanol–water partition coefficient (Wildman–Crippen LogP) is 3.72. The van der Waals surface area contributed by atoms with Gasteiger partial charge in [-0.15, -0.1) is 11.8 Å². The Labute approximate surface area is 124 Å². The molecule has 0 fully saturated rings. The minimum absolute atomic E-state index is 0.173. The van der Waals surface area contributed by atoms with Crippen molar-refractivity contribution < 1.29 is 5.11 Å². The first kappa shape index (κ1) is 13.5. The van der Waals surface area contributed by atoms with Crippen LogP contribution in [0.15, 0.2) is 59.5 Å². The summed E-state index contributed by atoms with van der Waals surface area (Å²) in [5.41, 5.74) is 2.29. The van der Waals surface area contributed by atoms with Crippen LogP contribution in [-0.4, -0.2) is 23.4 Å². The third-order valence-corrected chi connectivity index (χ3v) is 5.07. The fourth-order valence-corrected chi connectivity index (χ4v) is 4.00. The van der Waals surface area contributed by atoms with Crippen LogP contribution in [0.25, 0.3) is 0 Å². The van der Waals surface area contributed by atoms with Crippen molar-refractivity contribution in [1.29, 1.82) is 0 Å². The van der Waals surface area contributed by atoms with Crippen molar-refractivity contribution in [2.45, 2.75) is 23.2 Å². The molecule has 1 heterocycles. The highest BCUT2D eigenvalue weighted by atomic mass is 32.2. The summed E-state index contributed by atoms with van der Waals surface area (Å²) in [6.45, 7) is 4.02. The number of aliphatic hydroxyl groups is 1. The van der Waals surface area contributed by atoms with E-state index in [0.29, 0.717) is 0 Å². The minimum atomic E-state index is -0.427. The molecule has 1 aliphatic rings. The SMILES string of the molecule is CCN1CC(C(O)c2ccccc2)Sc2ccccc21. The standard InChI is InChI=1S/C17H19NOS/c1-2-18-12-16(17(19)13-8-4-3-5-9-13)20-15-11-7-6-10-14(15)18/h3-11,16-17,19H,2,12H2,1H3. The van der Waals surface area contributed by atoms with Crippen molar-refractivity contribution in [2.24, 2.45) is 0 Å². The highest BCUT2D eigenvalue weighted by molar-refractivity contribution is 8.00. The minimum Gasteiger partial charge on any atom is -0.387 e. The number of hydrogen-bond donors (Lipinski definition) is 1. The molecule has 104 valence electrons. The Kier molecular flexibility index (Phi) is 3.99. The Morgan fingerprint density at radius 3 is 2.60 bits per heavy atom. The summed E-state index contributed by atoms with van der Waals surface area (Å²) in [4.78, 5) is 3.61. The van der Waals surface area contributed by atoms with E-state index >= 15 is 0 Å². The van der Waals surface area contributed by atoms with Crippen LogP contribution < -0.4 is 4.90 Å². The maximum atomic E-state index is 10.6. The second-order valence-corrected chi connectivity index (χ2v) is 6.30. The molecule has 0 saturated carbocycles. The number of hydrogen-bond acceptors (Lipinski definition) is 3. The van der Waals surface area contributed by atoms with Crippen molar-refractivity contribution in [1.82, 2.24) is 0 Å². The van der Waals surface area contributed by atoms with Gasteiger partial charge in [0.2, 0.25) is 0 Å². The molecule has 2 unspecified atom stereocenters. The summed E-state index contributed by atoms with van der Waals surface area (Å²) >= 11 is 1.79. The molecule has 0 radical (unpaired) electrons. The van der Waals surface area contributed by atoms with E-state index in [1.54, 1.807) is 11.8 Å².